The summed E-state index contributed by atoms with van der Waals surface area (Å²) in [6, 6.07) is 18.9. The maximum Gasteiger partial charge on any atom is 0.0922 e. The van der Waals surface area contributed by atoms with Gasteiger partial charge in [-0.05, 0) is 40.2 Å². The van der Waals surface area contributed by atoms with Crippen molar-refractivity contribution in [3.63, 3.8) is 0 Å². The fourth-order valence-corrected chi connectivity index (χ4v) is 3.18. The van der Waals surface area contributed by atoms with Gasteiger partial charge in [-0.15, -0.1) is 12.4 Å². The second-order valence-corrected chi connectivity index (χ2v) is 5.73. The third-order valence-corrected chi connectivity index (χ3v) is 4.50. The number of halogens is 1. The number of aliphatic hydroxyl groups excluding tert-OH is 1. The lowest BCUT2D eigenvalue weighted by molar-refractivity contribution is 0.120. The van der Waals surface area contributed by atoms with Crippen molar-refractivity contribution < 1.29 is 5.11 Å². The highest BCUT2D eigenvalue weighted by Gasteiger charge is 2.14. The summed E-state index contributed by atoms with van der Waals surface area (Å²) in [5, 5.41) is 15.5. The summed E-state index contributed by atoms with van der Waals surface area (Å²) >= 11 is 0. The Labute approximate surface area is 144 Å². The van der Waals surface area contributed by atoms with Crippen molar-refractivity contribution in [1.29, 1.82) is 0 Å². The summed E-state index contributed by atoms with van der Waals surface area (Å²) in [5.41, 5.74) is 1.02. The van der Waals surface area contributed by atoms with Crippen molar-refractivity contribution in [3.05, 3.63) is 60.2 Å². The molecule has 3 rings (SSSR count). The monoisotopic (exact) mass is 329 g/mol. The van der Waals surface area contributed by atoms with Gasteiger partial charge in [0.05, 0.1) is 6.10 Å². The molecule has 0 saturated heterocycles. The molecule has 0 aliphatic carbocycles. The van der Waals surface area contributed by atoms with Gasteiger partial charge in [-0.25, -0.2) is 0 Å². The summed E-state index contributed by atoms with van der Waals surface area (Å²) in [4.78, 5) is 2.25. The molecule has 2 nitrogen and oxygen atoms in total. The number of nitrogens with zero attached hydrogens (tertiary/aromatic N) is 1. The van der Waals surface area contributed by atoms with Gasteiger partial charge in [0.15, 0.2) is 0 Å². The van der Waals surface area contributed by atoms with E-state index >= 15 is 0 Å². The Balaban J connectivity index is 0.00000192. The first-order valence-corrected chi connectivity index (χ1v) is 8.05. The van der Waals surface area contributed by atoms with Crippen LogP contribution in [-0.2, 0) is 0 Å². The van der Waals surface area contributed by atoms with Gasteiger partial charge in [-0.1, -0.05) is 68.4 Å². The first-order chi connectivity index (χ1) is 10.7. The van der Waals surface area contributed by atoms with E-state index in [-0.39, 0.29) is 12.4 Å². The van der Waals surface area contributed by atoms with Gasteiger partial charge in [-0.3, -0.25) is 0 Å². The van der Waals surface area contributed by atoms with Crippen LogP contribution in [0.15, 0.2) is 54.6 Å². The zero-order valence-corrected chi connectivity index (χ0v) is 14.5. The Morgan fingerprint density at radius 1 is 0.826 bits per heavy atom. The average Bonchev–Trinajstić information content (AvgIpc) is 2.58. The van der Waals surface area contributed by atoms with Crippen molar-refractivity contribution in [2.45, 2.75) is 20.0 Å². The molecular formula is C20H24ClNO. The second-order valence-electron chi connectivity index (χ2n) is 5.73. The Bertz CT molecular complexity index is 783. The normalized spacial score (nSPS) is 12.5. The smallest absolute Gasteiger partial charge is 0.0922 e. The molecule has 0 aromatic heterocycles. The number of aliphatic hydroxyl groups is 1. The van der Waals surface area contributed by atoms with Crippen molar-refractivity contribution >= 4 is 34.0 Å². The van der Waals surface area contributed by atoms with Gasteiger partial charge in [0, 0.05) is 6.54 Å². The van der Waals surface area contributed by atoms with Crippen LogP contribution < -0.4 is 0 Å². The van der Waals surface area contributed by atoms with E-state index in [9.17, 15) is 5.11 Å². The van der Waals surface area contributed by atoms with Crippen molar-refractivity contribution in [2.24, 2.45) is 0 Å². The fourth-order valence-electron chi connectivity index (χ4n) is 3.18. The number of rotatable bonds is 5. The van der Waals surface area contributed by atoms with Crippen LogP contribution in [0.1, 0.15) is 25.5 Å². The molecule has 0 amide bonds. The zero-order valence-electron chi connectivity index (χ0n) is 13.7. The van der Waals surface area contributed by atoms with Crippen LogP contribution >= 0.6 is 12.4 Å². The number of likely N-dealkylation sites (N-methyl/N-ethyl adjacent to an activating group) is 1. The van der Waals surface area contributed by atoms with Gasteiger partial charge in [0.2, 0.25) is 0 Å². The van der Waals surface area contributed by atoms with Crippen LogP contribution in [0.3, 0.4) is 0 Å². The van der Waals surface area contributed by atoms with E-state index < -0.39 is 6.10 Å². The van der Waals surface area contributed by atoms with Crippen molar-refractivity contribution in [1.82, 2.24) is 4.90 Å². The summed E-state index contributed by atoms with van der Waals surface area (Å²) < 4.78 is 0. The van der Waals surface area contributed by atoms with E-state index in [0.29, 0.717) is 6.54 Å². The first-order valence-electron chi connectivity index (χ1n) is 8.05. The molecule has 0 spiro atoms. The second kappa shape index (κ2) is 7.78. The minimum Gasteiger partial charge on any atom is -0.387 e. The van der Waals surface area contributed by atoms with Crippen molar-refractivity contribution in [3.8, 4) is 0 Å². The van der Waals surface area contributed by atoms with E-state index in [4.69, 9.17) is 0 Å². The third-order valence-electron chi connectivity index (χ3n) is 4.50. The molecule has 0 aliphatic rings. The summed E-state index contributed by atoms with van der Waals surface area (Å²) in [5.74, 6) is 0. The van der Waals surface area contributed by atoms with Crippen LogP contribution in [0.4, 0.5) is 0 Å². The van der Waals surface area contributed by atoms with Gasteiger partial charge < -0.3 is 10.0 Å². The largest absolute Gasteiger partial charge is 0.387 e. The molecule has 3 aromatic carbocycles. The van der Waals surface area contributed by atoms with Gasteiger partial charge in [-0.2, -0.15) is 0 Å². The Morgan fingerprint density at radius 3 is 2.26 bits per heavy atom. The van der Waals surface area contributed by atoms with Crippen LogP contribution in [-0.4, -0.2) is 29.6 Å². The lowest BCUT2D eigenvalue weighted by Gasteiger charge is -2.23. The molecule has 3 heteroatoms. The molecule has 0 heterocycles. The summed E-state index contributed by atoms with van der Waals surface area (Å²) in [7, 11) is 0. The fraction of sp³-hybridized carbons (Fsp3) is 0.300. The summed E-state index contributed by atoms with van der Waals surface area (Å²) in [6.07, 6.45) is -0.454. The zero-order chi connectivity index (χ0) is 15.5. The third kappa shape index (κ3) is 3.50. The average molecular weight is 330 g/mol. The molecular weight excluding hydrogens is 306 g/mol. The van der Waals surface area contributed by atoms with Gasteiger partial charge in [0.1, 0.15) is 0 Å². The molecule has 1 unspecified atom stereocenters. The molecule has 0 saturated carbocycles. The highest BCUT2D eigenvalue weighted by molar-refractivity contribution is 6.08. The van der Waals surface area contributed by atoms with Crippen LogP contribution in [0.25, 0.3) is 21.5 Å². The number of benzene rings is 3. The predicted octanol–water partition coefficient (Wildman–Crippen LogP) is 4.79. The standard InChI is InChI=1S/C20H23NO.ClH/c1-3-21(4-2)14-20(22)19-11-7-10-17-16-9-6-5-8-15(16)12-13-18(17)19;/h5-13,20,22H,3-4,14H2,1-2H3;1H. The minimum absolute atomic E-state index is 0. The number of hydrogen-bond acceptors (Lipinski definition) is 2. The highest BCUT2D eigenvalue weighted by atomic mass is 35.5. The molecule has 3 aromatic rings. The van der Waals surface area contributed by atoms with E-state index in [1.165, 1.54) is 16.2 Å². The predicted molar refractivity (Wildman–Crippen MR) is 101 cm³/mol. The maximum atomic E-state index is 10.7. The van der Waals surface area contributed by atoms with Crippen LogP contribution in [0, 0.1) is 0 Å². The van der Waals surface area contributed by atoms with Gasteiger partial charge in [0.25, 0.3) is 0 Å². The Morgan fingerprint density at radius 2 is 1.52 bits per heavy atom. The molecule has 1 atom stereocenters. The molecule has 0 bridgehead atoms. The first kappa shape index (κ1) is 17.7. The van der Waals surface area contributed by atoms with E-state index in [1.807, 2.05) is 6.07 Å². The number of hydrogen-bond donors (Lipinski definition) is 1. The minimum atomic E-state index is -0.454. The van der Waals surface area contributed by atoms with E-state index in [2.05, 4.69) is 67.3 Å². The topological polar surface area (TPSA) is 23.5 Å². The van der Waals surface area contributed by atoms with Crippen LogP contribution in [0.2, 0.25) is 0 Å². The van der Waals surface area contributed by atoms with Crippen molar-refractivity contribution in [2.75, 3.05) is 19.6 Å². The summed E-state index contributed by atoms with van der Waals surface area (Å²) in [6.45, 7) is 6.86. The lowest BCUT2D eigenvalue weighted by atomic mass is 9.96. The van der Waals surface area contributed by atoms with E-state index in [1.54, 1.807) is 0 Å². The molecule has 0 aliphatic heterocycles. The van der Waals surface area contributed by atoms with Gasteiger partial charge >= 0.3 is 0 Å². The Kier molecular flexibility index (Phi) is 6.00. The quantitative estimate of drug-likeness (QED) is 0.680. The molecule has 23 heavy (non-hydrogen) atoms. The molecule has 1 N–H and O–H groups in total. The highest BCUT2D eigenvalue weighted by Crippen LogP contribution is 2.30. The maximum absolute atomic E-state index is 10.7. The molecule has 122 valence electrons. The SMILES string of the molecule is CCN(CC)CC(O)c1cccc2c1ccc1ccccc12.Cl. The Hall–Kier alpha value is -1.61. The van der Waals surface area contributed by atoms with Crippen LogP contribution in [0.5, 0.6) is 0 Å². The molecule has 0 radical (unpaired) electrons. The molecule has 0 fully saturated rings. The van der Waals surface area contributed by atoms with E-state index in [0.717, 1.165) is 24.0 Å². The lowest BCUT2D eigenvalue weighted by Crippen LogP contribution is -2.28. The number of fused-ring (bicyclic) bond motifs is 3.